The first-order valence-electron chi connectivity index (χ1n) is 7.45. The van der Waals surface area contributed by atoms with Crippen LogP contribution < -0.4 is 10.6 Å². The number of nitrogens with one attached hydrogen (secondary N) is 2. The summed E-state index contributed by atoms with van der Waals surface area (Å²) in [6.07, 6.45) is 4.58. The van der Waals surface area contributed by atoms with Crippen LogP contribution in [0.3, 0.4) is 0 Å². The van der Waals surface area contributed by atoms with Crippen molar-refractivity contribution in [3.63, 3.8) is 0 Å². The van der Waals surface area contributed by atoms with Crippen molar-refractivity contribution >= 4 is 5.91 Å². The fraction of sp³-hybridized carbons (Fsp3) is 0.933. The highest BCUT2D eigenvalue weighted by Crippen LogP contribution is 2.19. The van der Waals surface area contributed by atoms with Crippen molar-refractivity contribution in [2.45, 2.75) is 78.4 Å². The Bertz CT molecular complexity index is 249. The molecule has 0 radical (unpaired) electrons. The Morgan fingerprint density at radius 1 is 1.06 bits per heavy atom. The smallest absolute Gasteiger partial charge is 0.237 e. The predicted molar refractivity (Wildman–Crippen MR) is 76.5 cm³/mol. The summed E-state index contributed by atoms with van der Waals surface area (Å²) >= 11 is 0. The number of carbonyl (C=O) groups excluding carboxylic acids is 1. The third-order valence-corrected chi connectivity index (χ3v) is 3.31. The van der Waals surface area contributed by atoms with Crippen LogP contribution >= 0.6 is 0 Å². The molecule has 1 rings (SSSR count). The quantitative estimate of drug-likeness (QED) is 0.699. The first-order chi connectivity index (χ1) is 8.38. The van der Waals surface area contributed by atoms with Gasteiger partial charge in [0.15, 0.2) is 0 Å². The second-order valence-corrected chi connectivity index (χ2v) is 6.63. The number of hydrogen-bond acceptors (Lipinski definition) is 2. The third kappa shape index (κ3) is 6.39. The Hall–Kier alpha value is -0.570. The molecular formula is C15H30N2O. The minimum Gasteiger partial charge on any atom is -0.352 e. The number of carbonyl (C=O) groups is 1. The number of rotatable bonds is 8. The number of hydrogen-bond donors (Lipinski definition) is 2. The van der Waals surface area contributed by atoms with Crippen LogP contribution in [0.2, 0.25) is 0 Å². The maximum Gasteiger partial charge on any atom is 0.237 e. The summed E-state index contributed by atoms with van der Waals surface area (Å²) in [5, 5.41) is 6.56. The van der Waals surface area contributed by atoms with Gasteiger partial charge in [-0.05, 0) is 44.4 Å². The first-order valence-corrected chi connectivity index (χ1v) is 7.45. The van der Waals surface area contributed by atoms with Gasteiger partial charge in [0.2, 0.25) is 5.91 Å². The molecule has 0 aromatic carbocycles. The molecule has 3 nitrogen and oxygen atoms in total. The monoisotopic (exact) mass is 254 g/mol. The molecule has 0 aliphatic heterocycles. The van der Waals surface area contributed by atoms with Gasteiger partial charge in [-0.25, -0.2) is 0 Å². The van der Waals surface area contributed by atoms with Crippen LogP contribution in [0.5, 0.6) is 0 Å². The van der Waals surface area contributed by atoms with E-state index in [4.69, 9.17) is 0 Å². The minimum atomic E-state index is -0.0758. The van der Waals surface area contributed by atoms with Gasteiger partial charge in [-0.1, -0.05) is 27.7 Å². The molecule has 1 aliphatic carbocycles. The number of amides is 1. The second-order valence-electron chi connectivity index (χ2n) is 6.63. The Balaban J connectivity index is 2.38. The van der Waals surface area contributed by atoms with Crippen molar-refractivity contribution in [1.82, 2.24) is 10.6 Å². The summed E-state index contributed by atoms with van der Waals surface area (Å²) in [5.74, 6) is 1.50. The minimum absolute atomic E-state index is 0.0758. The van der Waals surface area contributed by atoms with E-state index in [0.717, 1.165) is 25.7 Å². The SMILES string of the molecule is CC(C)CC(CC(C)C)NC(C)C(=O)NC1CC1. The summed E-state index contributed by atoms with van der Waals surface area (Å²) in [4.78, 5) is 11.9. The fourth-order valence-corrected chi connectivity index (χ4v) is 2.35. The lowest BCUT2D eigenvalue weighted by Gasteiger charge is -2.26. The van der Waals surface area contributed by atoms with Crippen molar-refractivity contribution in [2.24, 2.45) is 11.8 Å². The molecule has 0 aromatic heterocycles. The van der Waals surface area contributed by atoms with Gasteiger partial charge in [-0.2, -0.15) is 0 Å². The Morgan fingerprint density at radius 3 is 1.94 bits per heavy atom. The highest BCUT2D eigenvalue weighted by Gasteiger charge is 2.26. The molecule has 106 valence electrons. The van der Waals surface area contributed by atoms with E-state index in [1.165, 1.54) is 0 Å². The second kappa shape index (κ2) is 7.13. The predicted octanol–water partition coefficient (Wildman–Crippen LogP) is 2.70. The lowest BCUT2D eigenvalue weighted by molar-refractivity contribution is -0.123. The van der Waals surface area contributed by atoms with Crippen molar-refractivity contribution in [3.8, 4) is 0 Å². The van der Waals surface area contributed by atoms with E-state index < -0.39 is 0 Å². The molecule has 3 heteroatoms. The highest BCUT2D eigenvalue weighted by molar-refractivity contribution is 5.81. The molecule has 2 N–H and O–H groups in total. The van der Waals surface area contributed by atoms with Gasteiger partial charge < -0.3 is 10.6 Å². The average Bonchev–Trinajstić information content (AvgIpc) is 2.99. The van der Waals surface area contributed by atoms with Crippen LogP contribution in [0.4, 0.5) is 0 Å². The largest absolute Gasteiger partial charge is 0.352 e. The van der Waals surface area contributed by atoms with Gasteiger partial charge in [0, 0.05) is 12.1 Å². The third-order valence-electron chi connectivity index (χ3n) is 3.31. The van der Waals surface area contributed by atoms with Crippen LogP contribution in [-0.4, -0.2) is 24.0 Å². The zero-order chi connectivity index (χ0) is 13.7. The van der Waals surface area contributed by atoms with Gasteiger partial charge in [0.05, 0.1) is 6.04 Å². The van der Waals surface area contributed by atoms with Crippen molar-refractivity contribution in [3.05, 3.63) is 0 Å². The van der Waals surface area contributed by atoms with E-state index in [1.54, 1.807) is 0 Å². The summed E-state index contributed by atoms with van der Waals surface area (Å²) in [5.41, 5.74) is 0. The molecule has 1 unspecified atom stereocenters. The summed E-state index contributed by atoms with van der Waals surface area (Å²) < 4.78 is 0. The van der Waals surface area contributed by atoms with Gasteiger partial charge >= 0.3 is 0 Å². The zero-order valence-electron chi connectivity index (χ0n) is 12.6. The van der Waals surface area contributed by atoms with E-state index in [1.807, 2.05) is 6.92 Å². The highest BCUT2D eigenvalue weighted by atomic mass is 16.2. The molecule has 0 saturated heterocycles. The molecule has 1 aliphatic rings. The molecule has 18 heavy (non-hydrogen) atoms. The van der Waals surface area contributed by atoms with Gasteiger partial charge in [-0.3, -0.25) is 4.79 Å². The summed E-state index contributed by atoms with van der Waals surface area (Å²) in [6, 6.07) is 0.827. The molecule has 1 atom stereocenters. The molecule has 0 aromatic rings. The molecular weight excluding hydrogens is 224 g/mol. The van der Waals surface area contributed by atoms with Gasteiger partial charge in [0.25, 0.3) is 0 Å². The zero-order valence-corrected chi connectivity index (χ0v) is 12.6. The normalized spacial score (nSPS) is 17.6. The molecule has 1 amide bonds. The van der Waals surface area contributed by atoms with Crippen LogP contribution in [0.15, 0.2) is 0 Å². The van der Waals surface area contributed by atoms with Crippen LogP contribution in [-0.2, 0) is 4.79 Å². The maximum absolute atomic E-state index is 11.9. The molecule has 0 bridgehead atoms. The lowest BCUT2D eigenvalue weighted by Crippen LogP contribution is -2.47. The van der Waals surface area contributed by atoms with Gasteiger partial charge in [0.1, 0.15) is 0 Å². The van der Waals surface area contributed by atoms with E-state index in [-0.39, 0.29) is 11.9 Å². The van der Waals surface area contributed by atoms with Crippen molar-refractivity contribution in [1.29, 1.82) is 0 Å². The van der Waals surface area contributed by atoms with E-state index >= 15 is 0 Å². The fourth-order valence-electron chi connectivity index (χ4n) is 2.35. The molecule has 1 fully saturated rings. The van der Waals surface area contributed by atoms with Crippen LogP contribution in [0.25, 0.3) is 0 Å². The molecule has 0 spiro atoms. The maximum atomic E-state index is 11.9. The van der Waals surface area contributed by atoms with Crippen molar-refractivity contribution < 1.29 is 4.79 Å². The van der Waals surface area contributed by atoms with Crippen molar-refractivity contribution in [2.75, 3.05) is 0 Å². The lowest BCUT2D eigenvalue weighted by atomic mass is 9.95. The average molecular weight is 254 g/mol. The topological polar surface area (TPSA) is 41.1 Å². The van der Waals surface area contributed by atoms with E-state index in [9.17, 15) is 4.79 Å². The van der Waals surface area contributed by atoms with Gasteiger partial charge in [-0.15, -0.1) is 0 Å². The van der Waals surface area contributed by atoms with E-state index in [2.05, 4.69) is 38.3 Å². The van der Waals surface area contributed by atoms with Crippen LogP contribution in [0.1, 0.15) is 60.3 Å². The summed E-state index contributed by atoms with van der Waals surface area (Å²) in [6.45, 7) is 10.9. The Labute approximate surface area is 112 Å². The Kier molecular flexibility index (Phi) is 6.13. The van der Waals surface area contributed by atoms with Crippen LogP contribution in [0, 0.1) is 11.8 Å². The molecule has 1 saturated carbocycles. The summed E-state index contributed by atoms with van der Waals surface area (Å²) in [7, 11) is 0. The Morgan fingerprint density at radius 2 is 1.56 bits per heavy atom. The first kappa shape index (κ1) is 15.5. The standard InChI is InChI=1S/C15H30N2O/c1-10(2)8-14(9-11(3)4)16-12(5)15(18)17-13-6-7-13/h10-14,16H,6-9H2,1-5H3,(H,17,18). The van der Waals surface area contributed by atoms with E-state index in [0.29, 0.717) is 23.9 Å². The molecule has 0 heterocycles.